The molecule has 0 heterocycles. The van der Waals surface area contributed by atoms with Gasteiger partial charge in [0.25, 0.3) is 5.91 Å². The van der Waals surface area contributed by atoms with Gasteiger partial charge in [-0.1, -0.05) is 12.1 Å². The van der Waals surface area contributed by atoms with Crippen LogP contribution in [0.4, 0.5) is 17.6 Å². The number of amides is 1. The smallest absolute Gasteiger partial charge is 0.254 e. The third-order valence-electron chi connectivity index (χ3n) is 2.99. The van der Waals surface area contributed by atoms with Gasteiger partial charge >= 0.3 is 0 Å². The van der Waals surface area contributed by atoms with Gasteiger partial charge in [-0.25, -0.2) is 17.6 Å². The van der Waals surface area contributed by atoms with E-state index in [9.17, 15) is 22.4 Å². The Balaban J connectivity index is 2.18. The van der Waals surface area contributed by atoms with Crippen LogP contribution in [0.2, 0.25) is 0 Å². The zero-order chi connectivity index (χ0) is 15.6. The highest BCUT2D eigenvalue weighted by Gasteiger charge is 2.18. The molecular weight excluding hydrogens is 286 g/mol. The van der Waals surface area contributed by atoms with Crippen LogP contribution in [-0.2, 0) is 0 Å². The summed E-state index contributed by atoms with van der Waals surface area (Å²) < 4.78 is 52.5. The third-order valence-corrected chi connectivity index (χ3v) is 2.99. The Morgan fingerprint density at radius 1 is 1.00 bits per heavy atom. The lowest BCUT2D eigenvalue weighted by molar-refractivity contribution is 0.0934. The molecule has 1 unspecified atom stereocenters. The Bertz CT molecular complexity index is 687. The number of carbonyl (C=O) groups excluding carboxylic acids is 1. The number of carbonyl (C=O) groups is 1. The second-order valence-corrected chi connectivity index (χ2v) is 4.47. The highest BCUT2D eigenvalue weighted by Crippen LogP contribution is 2.18. The molecule has 2 aromatic rings. The number of hydrogen-bond acceptors (Lipinski definition) is 1. The van der Waals surface area contributed by atoms with Crippen molar-refractivity contribution in [1.29, 1.82) is 0 Å². The predicted molar refractivity (Wildman–Crippen MR) is 68.6 cm³/mol. The molecule has 110 valence electrons. The van der Waals surface area contributed by atoms with E-state index < -0.39 is 40.8 Å². The minimum Gasteiger partial charge on any atom is -0.345 e. The van der Waals surface area contributed by atoms with Crippen molar-refractivity contribution >= 4 is 5.91 Å². The van der Waals surface area contributed by atoms with E-state index in [1.54, 1.807) is 0 Å². The molecule has 6 heteroatoms. The molecule has 2 nitrogen and oxygen atoms in total. The standard InChI is InChI=1S/C15H11F4NO/c1-8(9-5-6-11(16)13(18)7-9)20-15(21)10-3-2-4-12(17)14(10)19/h2-8H,1H3,(H,20,21). The van der Waals surface area contributed by atoms with Gasteiger partial charge in [-0.2, -0.15) is 0 Å². The molecule has 2 rings (SSSR count). The first-order chi connectivity index (χ1) is 9.90. The molecule has 0 aromatic heterocycles. The number of halogens is 4. The van der Waals surface area contributed by atoms with E-state index in [4.69, 9.17) is 0 Å². The van der Waals surface area contributed by atoms with Gasteiger partial charge in [-0.15, -0.1) is 0 Å². The van der Waals surface area contributed by atoms with Crippen molar-refractivity contribution in [2.45, 2.75) is 13.0 Å². The fourth-order valence-electron chi connectivity index (χ4n) is 1.82. The summed E-state index contributed by atoms with van der Waals surface area (Å²) in [6, 6.07) is 5.69. The maximum Gasteiger partial charge on any atom is 0.254 e. The van der Waals surface area contributed by atoms with E-state index in [0.29, 0.717) is 5.56 Å². The van der Waals surface area contributed by atoms with Crippen LogP contribution in [0.5, 0.6) is 0 Å². The van der Waals surface area contributed by atoms with Crippen LogP contribution in [0.3, 0.4) is 0 Å². The highest BCUT2D eigenvalue weighted by atomic mass is 19.2. The summed E-state index contributed by atoms with van der Waals surface area (Å²) in [7, 11) is 0. The Labute approximate surface area is 118 Å². The van der Waals surface area contributed by atoms with Crippen LogP contribution in [0.1, 0.15) is 28.9 Å². The van der Waals surface area contributed by atoms with Gasteiger partial charge in [0.15, 0.2) is 23.3 Å². The summed E-state index contributed by atoms with van der Waals surface area (Å²) in [6.45, 7) is 1.52. The minimum atomic E-state index is -1.26. The van der Waals surface area contributed by atoms with Crippen LogP contribution in [0, 0.1) is 23.3 Å². The zero-order valence-electron chi connectivity index (χ0n) is 11.0. The number of nitrogens with one attached hydrogen (secondary N) is 1. The van der Waals surface area contributed by atoms with E-state index in [0.717, 1.165) is 24.3 Å². The van der Waals surface area contributed by atoms with E-state index in [-0.39, 0.29) is 0 Å². The van der Waals surface area contributed by atoms with Gasteiger partial charge in [0.2, 0.25) is 0 Å². The average molecular weight is 297 g/mol. The minimum absolute atomic E-state index is 0.305. The van der Waals surface area contributed by atoms with Crippen molar-refractivity contribution in [1.82, 2.24) is 5.32 Å². The largest absolute Gasteiger partial charge is 0.345 e. The lowest BCUT2D eigenvalue weighted by Gasteiger charge is -2.15. The summed E-state index contributed by atoms with van der Waals surface area (Å²) in [4.78, 5) is 11.9. The van der Waals surface area contributed by atoms with Crippen LogP contribution in [0.25, 0.3) is 0 Å². The summed E-state index contributed by atoms with van der Waals surface area (Å²) in [5.74, 6) is -5.29. The van der Waals surface area contributed by atoms with Crippen LogP contribution in [-0.4, -0.2) is 5.91 Å². The molecule has 1 amide bonds. The Kier molecular flexibility index (Phi) is 4.26. The van der Waals surface area contributed by atoms with Gasteiger partial charge < -0.3 is 5.32 Å². The number of benzene rings is 2. The zero-order valence-corrected chi connectivity index (χ0v) is 11.0. The Morgan fingerprint density at radius 2 is 1.71 bits per heavy atom. The molecular formula is C15H11F4NO. The van der Waals surface area contributed by atoms with Crippen molar-refractivity contribution in [2.24, 2.45) is 0 Å². The molecule has 0 fully saturated rings. The molecule has 0 saturated heterocycles. The van der Waals surface area contributed by atoms with Gasteiger partial charge in [0.05, 0.1) is 11.6 Å². The van der Waals surface area contributed by atoms with E-state index >= 15 is 0 Å². The molecule has 0 radical (unpaired) electrons. The lowest BCUT2D eigenvalue weighted by atomic mass is 10.1. The van der Waals surface area contributed by atoms with E-state index in [2.05, 4.69) is 5.32 Å². The third kappa shape index (κ3) is 3.21. The summed E-state index contributed by atoms with van der Waals surface area (Å²) in [5.41, 5.74) is -0.150. The molecule has 0 aliphatic carbocycles. The molecule has 0 spiro atoms. The molecule has 0 saturated carbocycles. The maximum absolute atomic E-state index is 13.5. The molecule has 0 bridgehead atoms. The summed E-state index contributed by atoms with van der Waals surface area (Å²) in [6.07, 6.45) is 0. The van der Waals surface area contributed by atoms with Gasteiger partial charge in [-0.05, 0) is 36.8 Å². The van der Waals surface area contributed by atoms with Gasteiger partial charge in [0.1, 0.15) is 0 Å². The van der Waals surface area contributed by atoms with Gasteiger partial charge in [-0.3, -0.25) is 4.79 Å². The summed E-state index contributed by atoms with van der Waals surface area (Å²) >= 11 is 0. The van der Waals surface area contributed by atoms with Crippen LogP contribution >= 0.6 is 0 Å². The van der Waals surface area contributed by atoms with Crippen molar-refractivity contribution in [2.75, 3.05) is 0 Å². The van der Waals surface area contributed by atoms with Crippen molar-refractivity contribution < 1.29 is 22.4 Å². The first-order valence-electron chi connectivity index (χ1n) is 6.10. The average Bonchev–Trinajstić information content (AvgIpc) is 2.44. The van der Waals surface area contributed by atoms with Crippen molar-refractivity contribution in [3.8, 4) is 0 Å². The van der Waals surface area contributed by atoms with E-state index in [1.807, 2.05) is 0 Å². The molecule has 21 heavy (non-hydrogen) atoms. The number of rotatable bonds is 3. The van der Waals surface area contributed by atoms with Crippen LogP contribution < -0.4 is 5.32 Å². The SMILES string of the molecule is CC(NC(=O)c1cccc(F)c1F)c1ccc(F)c(F)c1. The van der Waals surface area contributed by atoms with Crippen molar-refractivity contribution in [3.63, 3.8) is 0 Å². The second kappa shape index (κ2) is 5.95. The molecule has 1 atom stereocenters. The highest BCUT2D eigenvalue weighted by molar-refractivity contribution is 5.94. The van der Waals surface area contributed by atoms with E-state index in [1.165, 1.54) is 19.1 Å². The first-order valence-corrected chi connectivity index (χ1v) is 6.10. The normalized spacial score (nSPS) is 12.0. The van der Waals surface area contributed by atoms with Crippen molar-refractivity contribution in [3.05, 3.63) is 70.8 Å². The molecule has 0 aliphatic rings. The van der Waals surface area contributed by atoms with Crippen LogP contribution in [0.15, 0.2) is 36.4 Å². The second-order valence-electron chi connectivity index (χ2n) is 4.47. The molecule has 2 aromatic carbocycles. The predicted octanol–water partition coefficient (Wildman–Crippen LogP) is 3.73. The fraction of sp³-hybridized carbons (Fsp3) is 0.133. The Hall–Kier alpha value is -2.37. The molecule has 0 aliphatic heterocycles. The first kappa shape index (κ1) is 15.0. The monoisotopic (exact) mass is 297 g/mol. The fourth-order valence-corrected chi connectivity index (χ4v) is 1.82. The maximum atomic E-state index is 13.5. The lowest BCUT2D eigenvalue weighted by Crippen LogP contribution is -2.27. The van der Waals surface area contributed by atoms with Gasteiger partial charge in [0, 0.05) is 0 Å². The molecule has 1 N–H and O–H groups in total. The Morgan fingerprint density at radius 3 is 2.38 bits per heavy atom. The topological polar surface area (TPSA) is 29.1 Å². The summed E-state index contributed by atoms with van der Waals surface area (Å²) in [5, 5.41) is 2.39. The number of hydrogen-bond donors (Lipinski definition) is 1. The quantitative estimate of drug-likeness (QED) is 0.859.